The molecular formula is C11H16ClNOS. The van der Waals surface area contributed by atoms with Crippen molar-refractivity contribution in [3.8, 4) is 0 Å². The minimum atomic E-state index is -0.118. The molecule has 0 spiro atoms. The van der Waals surface area contributed by atoms with Gasteiger partial charge in [-0.25, -0.2) is 4.98 Å². The predicted octanol–water partition coefficient (Wildman–Crippen LogP) is 3.69. The molecule has 1 fully saturated rings. The van der Waals surface area contributed by atoms with Crippen LogP contribution >= 0.6 is 22.9 Å². The zero-order chi connectivity index (χ0) is 10.7. The summed E-state index contributed by atoms with van der Waals surface area (Å²) in [6.45, 7) is 0. The van der Waals surface area contributed by atoms with Crippen LogP contribution in [-0.2, 0) is 16.2 Å². The van der Waals surface area contributed by atoms with Crippen LogP contribution in [0, 0.1) is 0 Å². The van der Waals surface area contributed by atoms with Gasteiger partial charge in [0, 0.05) is 18.2 Å². The molecule has 0 aromatic carbocycles. The molecule has 1 saturated carbocycles. The maximum absolute atomic E-state index is 5.80. The first kappa shape index (κ1) is 11.4. The second-order valence-electron chi connectivity index (χ2n) is 4.02. The molecular weight excluding hydrogens is 230 g/mol. The summed E-state index contributed by atoms with van der Waals surface area (Å²) in [5.41, 5.74) is -0.118. The Bertz CT molecular complexity index is 320. The molecule has 1 aromatic rings. The van der Waals surface area contributed by atoms with Gasteiger partial charge in [-0.05, 0) is 12.8 Å². The number of hydrogen-bond acceptors (Lipinski definition) is 3. The van der Waals surface area contributed by atoms with E-state index in [1.165, 1.54) is 19.3 Å². The third-order valence-electron chi connectivity index (χ3n) is 3.13. The summed E-state index contributed by atoms with van der Waals surface area (Å²) in [4.78, 5) is 5.60. The van der Waals surface area contributed by atoms with Gasteiger partial charge in [0.25, 0.3) is 0 Å². The lowest BCUT2D eigenvalue weighted by Gasteiger charge is -2.34. The number of halogens is 1. The number of aromatic nitrogens is 1. The summed E-state index contributed by atoms with van der Waals surface area (Å²) in [7, 11) is 1.80. The fourth-order valence-corrected chi connectivity index (χ4v) is 3.43. The maximum Gasteiger partial charge on any atom is 0.125 e. The van der Waals surface area contributed by atoms with Crippen LogP contribution in [0.25, 0.3) is 0 Å². The highest BCUT2D eigenvalue weighted by molar-refractivity contribution is 7.11. The number of alkyl halides is 1. The van der Waals surface area contributed by atoms with Gasteiger partial charge in [0.1, 0.15) is 10.6 Å². The lowest BCUT2D eigenvalue weighted by Crippen LogP contribution is -2.30. The van der Waals surface area contributed by atoms with Crippen molar-refractivity contribution in [3.05, 3.63) is 16.1 Å². The predicted molar refractivity (Wildman–Crippen MR) is 63.4 cm³/mol. The SMILES string of the molecule is COC1(c2ncc(CCl)s2)CCCCC1. The molecule has 1 aromatic heterocycles. The molecule has 0 bridgehead atoms. The number of hydrogen-bond donors (Lipinski definition) is 0. The molecule has 1 heterocycles. The van der Waals surface area contributed by atoms with Crippen molar-refractivity contribution < 1.29 is 4.74 Å². The average Bonchev–Trinajstić information content (AvgIpc) is 2.79. The summed E-state index contributed by atoms with van der Waals surface area (Å²) in [5, 5.41) is 1.11. The van der Waals surface area contributed by atoms with Gasteiger partial charge in [-0.3, -0.25) is 0 Å². The van der Waals surface area contributed by atoms with E-state index in [1.807, 2.05) is 6.20 Å². The van der Waals surface area contributed by atoms with Gasteiger partial charge in [-0.1, -0.05) is 19.3 Å². The number of ether oxygens (including phenoxy) is 1. The van der Waals surface area contributed by atoms with Crippen LogP contribution in [0.15, 0.2) is 6.20 Å². The molecule has 0 unspecified atom stereocenters. The minimum Gasteiger partial charge on any atom is -0.371 e. The van der Waals surface area contributed by atoms with Crippen LogP contribution < -0.4 is 0 Å². The Morgan fingerprint density at radius 2 is 2.20 bits per heavy atom. The van der Waals surface area contributed by atoms with E-state index in [1.54, 1.807) is 18.4 Å². The smallest absolute Gasteiger partial charge is 0.125 e. The van der Waals surface area contributed by atoms with Gasteiger partial charge >= 0.3 is 0 Å². The largest absolute Gasteiger partial charge is 0.371 e. The second kappa shape index (κ2) is 4.81. The molecule has 1 aliphatic carbocycles. The first-order valence-corrected chi connectivity index (χ1v) is 6.72. The zero-order valence-corrected chi connectivity index (χ0v) is 10.5. The van der Waals surface area contributed by atoms with Crippen molar-refractivity contribution >= 4 is 22.9 Å². The molecule has 1 aliphatic rings. The van der Waals surface area contributed by atoms with E-state index in [-0.39, 0.29) is 5.60 Å². The summed E-state index contributed by atoms with van der Waals surface area (Å²) in [6, 6.07) is 0. The van der Waals surface area contributed by atoms with Gasteiger partial charge in [-0.15, -0.1) is 22.9 Å². The monoisotopic (exact) mass is 245 g/mol. The van der Waals surface area contributed by atoms with Crippen molar-refractivity contribution in [2.24, 2.45) is 0 Å². The molecule has 0 radical (unpaired) electrons. The number of nitrogens with zero attached hydrogens (tertiary/aromatic N) is 1. The molecule has 0 saturated heterocycles. The highest BCUT2D eigenvalue weighted by Crippen LogP contribution is 2.41. The quantitative estimate of drug-likeness (QED) is 0.758. The molecule has 2 rings (SSSR count). The lowest BCUT2D eigenvalue weighted by atomic mass is 9.85. The molecule has 2 nitrogen and oxygen atoms in total. The Hall–Kier alpha value is -0.120. The third kappa shape index (κ3) is 2.19. The van der Waals surface area contributed by atoms with Crippen LogP contribution in [0.2, 0.25) is 0 Å². The lowest BCUT2D eigenvalue weighted by molar-refractivity contribution is -0.0446. The van der Waals surface area contributed by atoms with E-state index >= 15 is 0 Å². The first-order valence-electron chi connectivity index (χ1n) is 5.37. The molecule has 84 valence electrons. The molecule has 0 amide bonds. The number of rotatable bonds is 3. The van der Waals surface area contributed by atoms with Crippen LogP contribution in [-0.4, -0.2) is 12.1 Å². The van der Waals surface area contributed by atoms with E-state index < -0.39 is 0 Å². The Morgan fingerprint density at radius 1 is 1.47 bits per heavy atom. The number of methoxy groups -OCH3 is 1. The number of thiazole rings is 1. The minimum absolute atomic E-state index is 0.118. The van der Waals surface area contributed by atoms with E-state index in [4.69, 9.17) is 16.3 Å². The molecule has 4 heteroatoms. The molecule has 0 N–H and O–H groups in total. The van der Waals surface area contributed by atoms with E-state index in [2.05, 4.69) is 4.98 Å². The van der Waals surface area contributed by atoms with Crippen molar-refractivity contribution in [3.63, 3.8) is 0 Å². The fraction of sp³-hybridized carbons (Fsp3) is 0.727. The van der Waals surface area contributed by atoms with Crippen LogP contribution in [0.4, 0.5) is 0 Å². The van der Waals surface area contributed by atoms with Gasteiger partial charge in [0.2, 0.25) is 0 Å². The average molecular weight is 246 g/mol. The second-order valence-corrected chi connectivity index (χ2v) is 5.41. The van der Waals surface area contributed by atoms with Gasteiger partial charge in [-0.2, -0.15) is 0 Å². The summed E-state index contributed by atoms with van der Waals surface area (Å²) in [6.07, 6.45) is 7.87. The summed E-state index contributed by atoms with van der Waals surface area (Å²) >= 11 is 7.49. The Kier molecular flexibility index (Phi) is 3.65. The van der Waals surface area contributed by atoms with Crippen molar-refractivity contribution in [2.45, 2.75) is 43.6 Å². The Labute approximate surface area is 99.6 Å². The van der Waals surface area contributed by atoms with Crippen LogP contribution in [0.1, 0.15) is 42.0 Å². The van der Waals surface area contributed by atoms with Crippen molar-refractivity contribution in [1.82, 2.24) is 4.98 Å². The van der Waals surface area contributed by atoms with Gasteiger partial charge in [0.15, 0.2) is 0 Å². The topological polar surface area (TPSA) is 22.1 Å². The molecule has 15 heavy (non-hydrogen) atoms. The normalized spacial score (nSPS) is 20.4. The highest BCUT2D eigenvalue weighted by Gasteiger charge is 2.36. The van der Waals surface area contributed by atoms with Gasteiger partial charge < -0.3 is 4.74 Å². The highest BCUT2D eigenvalue weighted by atomic mass is 35.5. The molecule has 0 atom stereocenters. The maximum atomic E-state index is 5.80. The van der Waals surface area contributed by atoms with Crippen LogP contribution in [0.5, 0.6) is 0 Å². The fourth-order valence-electron chi connectivity index (χ4n) is 2.21. The van der Waals surface area contributed by atoms with E-state index in [0.29, 0.717) is 5.88 Å². The molecule has 0 aliphatic heterocycles. The van der Waals surface area contributed by atoms with E-state index in [0.717, 1.165) is 22.7 Å². The third-order valence-corrected chi connectivity index (χ3v) is 4.76. The first-order chi connectivity index (χ1) is 7.30. The zero-order valence-electron chi connectivity index (χ0n) is 8.96. The Balaban J connectivity index is 2.24. The summed E-state index contributed by atoms with van der Waals surface area (Å²) < 4.78 is 5.73. The van der Waals surface area contributed by atoms with Gasteiger partial charge in [0.05, 0.1) is 5.88 Å². The van der Waals surface area contributed by atoms with Crippen molar-refractivity contribution in [2.75, 3.05) is 7.11 Å². The summed E-state index contributed by atoms with van der Waals surface area (Å²) in [5.74, 6) is 0.553. The van der Waals surface area contributed by atoms with Crippen molar-refractivity contribution in [1.29, 1.82) is 0 Å². The standard InChI is InChI=1S/C11H16ClNOS/c1-14-11(5-3-2-4-6-11)10-13-8-9(7-12)15-10/h8H,2-7H2,1H3. The van der Waals surface area contributed by atoms with E-state index in [9.17, 15) is 0 Å². The Morgan fingerprint density at radius 3 is 2.73 bits per heavy atom. The van der Waals surface area contributed by atoms with Crippen LogP contribution in [0.3, 0.4) is 0 Å².